The third-order valence-electron chi connectivity index (χ3n) is 18.4. The van der Waals surface area contributed by atoms with Crippen LogP contribution in [0.1, 0.15) is 413 Å². The van der Waals surface area contributed by atoms with Crippen molar-refractivity contribution in [2.75, 3.05) is 39.6 Å². The van der Waals surface area contributed by atoms with E-state index in [1.54, 1.807) is 0 Å². The normalized spacial score (nSPS) is 13.9. The van der Waals surface area contributed by atoms with Crippen molar-refractivity contribution in [2.45, 2.75) is 431 Å². The third kappa shape index (κ3) is 73.8. The van der Waals surface area contributed by atoms with E-state index in [4.69, 9.17) is 37.0 Å². The molecule has 0 amide bonds. The van der Waals surface area contributed by atoms with Crippen LogP contribution in [0, 0.1) is 0 Å². The van der Waals surface area contributed by atoms with Crippen molar-refractivity contribution in [1.29, 1.82) is 0 Å². The van der Waals surface area contributed by atoms with Gasteiger partial charge >= 0.3 is 39.5 Å². The second-order valence-electron chi connectivity index (χ2n) is 28.4. The summed E-state index contributed by atoms with van der Waals surface area (Å²) in [5.41, 5.74) is 0. The van der Waals surface area contributed by atoms with E-state index < -0.39 is 97.5 Å². The van der Waals surface area contributed by atoms with Gasteiger partial charge in [0.15, 0.2) is 12.2 Å². The van der Waals surface area contributed by atoms with E-state index in [0.29, 0.717) is 25.7 Å². The highest BCUT2D eigenvalue weighted by atomic mass is 31.2. The number of rotatable bonds is 80. The van der Waals surface area contributed by atoms with E-state index in [9.17, 15) is 43.2 Å². The third-order valence-corrected chi connectivity index (χ3v) is 20.4. The quantitative estimate of drug-likeness (QED) is 0.0169. The SMILES string of the molecule is CCCCC/C=C\C/C=C\CCCCCCCC(=O)OC[C@H](COP(=O)(O)OC[C@H](O)COP(=O)(O)OC[C@@H](COC(=O)CCCCCCCCCCCCCCC)OC(=O)CCCCCCCCCCCCCCCCCCC)OC(=O)CCCCCCCCCCCCCCCCC. The Morgan fingerprint density at radius 1 is 0.280 bits per heavy atom. The number of carbonyl (C=O) groups excluding carboxylic acids is 4. The molecule has 0 heterocycles. The molecule has 17 nitrogen and oxygen atoms in total. The molecule has 0 aromatic heterocycles. The van der Waals surface area contributed by atoms with Gasteiger partial charge in [-0.1, -0.05) is 354 Å². The first kappa shape index (κ1) is 97.5. The molecule has 0 aliphatic carbocycles. The lowest BCUT2D eigenvalue weighted by Gasteiger charge is -2.21. The summed E-state index contributed by atoms with van der Waals surface area (Å²) in [5, 5.41) is 10.6. The fourth-order valence-corrected chi connectivity index (χ4v) is 13.7. The van der Waals surface area contributed by atoms with Gasteiger partial charge in [-0.3, -0.25) is 37.3 Å². The van der Waals surface area contributed by atoms with E-state index >= 15 is 0 Å². The molecular weight excluding hydrogens is 1310 g/mol. The van der Waals surface area contributed by atoms with Crippen LogP contribution in [0.2, 0.25) is 0 Å². The number of aliphatic hydroxyl groups excluding tert-OH is 1. The van der Waals surface area contributed by atoms with Gasteiger partial charge in [-0.25, -0.2) is 9.13 Å². The minimum Gasteiger partial charge on any atom is -0.462 e. The first-order chi connectivity index (χ1) is 48.7. The Hall–Kier alpha value is -2.46. The summed E-state index contributed by atoms with van der Waals surface area (Å²) >= 11 is 0. The predicted octanol–water partition coefficient (Wildman–Crippen LogP) is 24.1. The summed E-state index contributed by atoms with van der Waals surface area (Å²) < 4.78 is 68.7. The van der Waals surface area contributed by atoms with Crippen molar-refractivity contribution in [3.63, 3.8) is 0 Å². The molecule has 100 heavy (non-hydrogen) atoms. The van der Waals surface area contributed by atoms with E-state index in [0.717, 1.165) is 116 Å². The summed E-state index contributed by atoms with van der Waals surface area (Å²) in [5.74, 6) is -2.13. The molecule has 0 radical (unpaired) electrons. The maximum Gasteiger partial charge on any atom is 0.472 e. The van der Waals surface area contributed by atoms with Crippen LogP contribution in [0.3, 0.4) is 0 Å². The Morgan fingerprint density at radius 2 is 0.490 bits per heavy atom. The van der Waals surface area contributed by atoms with Gasteiger partial charge in [-0.15, -0.1) is 0 Å². The van der Waals surface area contributed by atoms with Crippen LogP contribution in [0.25, 0.3) is 0 Å². The summed E-state index contributed by atoms with van der Waals surface area (Å²) in [7, 11) is -9.93. The largest absolute Gasteiger partial charge is 0.472 e. The van der Waals surface area contributed by atoms with E-state index in [2.05, 4.69) is 52.0 Å². The van der Waals surface area contributed by atoms with Gasteiger partial charge < -0.3 is 33.8 Å². The van der Waals surface area contributed by atoms with Gasteiger partial charge in [0.1, 0.15) is 19.3 Å². The van der Waals surface area contributed by atoms with Crippen molar-refractivity contribution in [1.82, 2.24) is 0 Å². The lowest BCUT2D eigenvalue weighted by atomic mass is 10.0. The smallest absolute Gasteiger partial charge is 0.462 e. The van der Waals surface area contributed by atoms with Crippen LogP contribution >= 0.6 is 15.6 Å². The highest BCUT2D eigenvalue weighted by molar-refractivity contribution is 7.47. The number of phosphoric acid groups is 2. The first-order valence-corrected chi connectivity index (χ1v) is 44.6. The van der Waals surface area contributed by atoms with Gasteiger partial charge in [0.05, 0.1) is 26.4 Å². The molecule has 0 fully saturated rings. The van der Waals surface area contributed by atoms with Crippen LogP contribution in [-0.4, -0.2) is 96.7 Å². The van der Waals surface area contributed by atoms with Gasteiger partial charge in [-0.05, 0) is 57.8 Å². The number of ether oxygens (including phenoxy) is 4. The molecule has 19 heteroatoms. The number of aliphatic hydroxyl groups is 1. The maximum atomic E-state index is 13.1. The second kappa shape index (κ2) is 74.8. The Bertz CT molecular complexity index is 1990. The topological polar surface area (TPSA) is 237 Å². The number of esters is 4. The molecule has 0 bridgehead atoms. The number of hydrogen-bond donors (Lipinski definition) is 3. The lowest BCUT2D eigenvalue weighted by Crippen LogP contribution is -2.30. The molecule has 0 aromatic carbocycles. The molecule has 0 aliphatic heterocycles. The van der Waals surface area contributed by atoms with Gasteiger partial charge in [-0.2, -0.15) is 0 Å². The van der Waals surface area contributed by atoms with Crippen LogP contribution in [0.15, 0.2) is 24.3 Å². The maximum absolute atomic E-state index is 13.1. The zero-order valence-electron chi connectivity index (χ0n) is 64.7. The standard InChI is InChI=1S/C81H154O17P2/c1-5-9-13-17-21-25-29-33-36-37-40-44-48-52-56-60-64-68-81(86)98-76(71-91-78(83)65-61-57-53-49-45-41-32-28-24-20-16-12-8-4)73-95-99(87,88)93-69-75(82)70-94-100(89,90)96-74-77(97-80(85)67-63-59-55-51-47-43-39-35-31-27-23-19-15-11-7-3)72-92-79(84)66-62-58-54-50-46-42-38-34-30-26-22-18-14-10-6-2/h22,26,34,38,75-77,82H,5-21,23-25,27-33,35-37,39-74H2,1-4H3,(H,87,88)(H,89,90)/b26-22-,38-34-/t75-,76-,77-/m1/s1. The van der Waals surface area contributed by atoms with Crippen LogP contribution < -0.4 is 0 Å². The van der Waals surface area contributed by atoms with Crippen LogP contribution in [0.5, 0.6) is 0 Å². The molecule has 590 valence electrons. The fourth-order valence-electron chi connectivity index (χ4n) is 12.1. The van der Waals surface area contributed by atoms with Gasteiger partial charge in [0.25, 0.3) is 0 Å². The second-order valence-corrected chi connectivity index (χ2v) is 31.4. The molecule has 0 spiro atoms. The number of carbonyl (C=O) groups is 4. The zero-order valence-corrected chi connectivity index (χ0v) is 66.5. The van der Waals surface area contributed by atoms with Crippen LogP contribution in [0.4, 0.5) is 0 Å². The number of allylic oxidation sites excluding steroid dienone is 4. The molecule has 5 atom stereocenters. The lowest BCUT2D eigenvalue weighted by molar-refractivity contribution is -0.161. The molecular formula is C81H154O17P2. The van der Waals surface area contributed by atoms with E-state index in [1.807, 2.05) is 0 Å². The molecule has 0 aromatic rings. The highest BCUT2D eigenvalue weighted by Gasteiger charge is 2.30. The number of unbranched alkanes of at least 4 members (excludes halogenated alkanes) is 50. The summed E-state index contributed by atoms with van der Waals surface area (Å²) in [6, 6.07) is 0. The average molecular weight is 1460 g/mol. The van der Waals surface area contributed by atoms with E-state index in [1.165, 1.54) is 218 Å². The van der Waals surface area contributed by atoms with Crippen molar-refractivity contribution in [3.05, 3.63) is 24.3 Å². The Morgan fingerprint density at radius 3 is 0.760 bits per heavy atom. The van der Waals surface area contributed by atoms with E-state index in [-0.39, 0.29) is 25.7 Å². The molecule has 0 saturated carbocycles. The molecule has 2 unspecified atom stereocenters. The Balaban J connectivity index is 5.29. The fraction of sp³-hybridized carbons (Fsp3) is 0.901. The molecule has 0 aliphatic rings. The Kier molecular flexibility index (Phi) is 73.0. The molecule has 0 saturated heterocycles. The minimum atomic E-state index is -4.97. The summed E-state index contributed by atoms with van der Waals surface area (Å²) in [4.78, 5) is 73.0. The van der Waals surface area contributed by atoms with Gasteiger partial charge in [0, 0.05) is 25.7 Å². The minimum absolute atomic E-state index is 0.102. The number of hydrogen-bond acceptors (Lipinski definition) is 15. The van der Waals surface area contributed by atoms with Crippen molar-refractivity contribution >= 4 is 39.5 Å². The summed E-state index contributed by atoms with van der Waals surface area (Å²) in [6.45, 7) is 4.97. The monoisotopic (exact) mass is 1460 g/mol. The zero-order chi connectivity index (χ0) is 73.2. The van der Waals surface area contributed by atoms with Crippen molar-refractivity contribution < 1.29 is 80.2 Å². The van der Waals surface area contributed by atoms with Crippen molar-refractivity contribution in [3.8, 4) is 0 Å². The highest BCUT2D eigenvalue weighted by Crippen LogP contribution is 2.45. The Labute approximate surface area is 612 Å². The summed E-state index contributed by atoms with van der Waals surface area (Å²) in [6.07, 6.45) is 70.0. The average Bonchev–Trinajstić information content (AvgIpc) is 1.11. The van der Waals surface area contributed by atoms with Crippen LogP contribution in [-0.2, 0) is 65.4 Å². The van der Waals surface area contributed by atoms with Crippen molar-refractivity contribution in [2.24, 2.45) is 0 Å². The molecule has 3 N–H and O–H groups in total. The predicted molar refractivity (Wildman–Crippen MR) is 409 cm³/mol. The van der Waals surface area contributed by atoms with Gasteiger partial charge in [0.2, 0.25) is 0 Å². The first-order valence-electron chi connectivity index (χ1n) is 41.6. The number of phosphoric ester groups is 2. The molecule has 0 rings (SSSR count).